The molecule has 1 unspecified atom stereocenters. The third kappa shape index (κ3) is 6.18. The van der Waals surface area contributed by atoms with Crippen LogP contribution in [-0.4, -0.2) is 60.5 Å². The fourth-order valence-corrected chi connectivity index (χ4v) is 14.4. The molecule has 0 spiro atoms. The molecular weight excluding hydrogens is 605 g/mol. The van der Waals surface area contributed by atoms with Gasteiger partial charge in [0.05, 0.1) is 24.4 Å². The van der Waals surface area contributed by atoms with Crippen molar-refractivity contribution in [3.05, 3.63) is 96.6 Å². The minimum atomic E-state index is -2.73. The van der Waals surface area contributed by atoms with Crippen molar-refractivity contribution in [3.63, 3.8) is 0 Å². The Morgan fingerprint density at radius 3 is 1.91 bits per heavy atom. The van der Waals surface area contributed by atoms with Gasteiger partial charge in [0.25, 0.3) is 8.32 Å². The number of rotatable bonds is 14. The first-order chi connectivity index (χ1) is 22.7. The summed E-state index contributed by atoms with van der Waals surface area (Å²) in [6.07, 6.45) is 3.82. The van der Waals surface area contributed by atoms with E-state index < -0.39 is 13.9 Å². The van der Waals surface area contributed by atoms with Crippen LogP contribution in [0.25, 0.3) is 0 Å². The molecular formula is C40H54O6Si. The Morgan fingerprint density at radius 1 is 0.745 bits per heavy atom. The van der Waals surface area contributed by atoms with Gasteiger partial charge in [-0.2, -0.15) is 0 Å². The van der Waals surface area contributed by atoms with Crippen molar-refractivity contribution in [2.45, 2.75) is 82.8 Å². The van der Waals surface area contributed by atoms with Crippen LogP contribution in [0, 0.1) is 23.2 Å². The molecule has 4 aliphatic rings. The van der Waals surface area contributed by atoms with Gasteiger partial charge in [-0.15, -0.1) is 0 Å². The van der Waals surface area contributed by atoms with Crippen LogP contribution < -0.4 is 10.4 Å². The van der Waals surface area contributed by atoms with Crippen LogP contribution in [0.15, 0.2) is 91.0 Å². The molecule has 6 nitrogen and oxygen atoms in total. The van der Waals surface area contributed by atoms with E-state index in [0.29, 0.717) is 25.0 Å². The smallest absolute Gasteiger partial charge is 0.261 e. The zero-order chi connectivity index (χ0) is 33.1. The lowest BCUT2D eigenvalue weighted by Crippen LogP contribution is -2.71. The SMILES string of the molecule is COCO[C@H]1CC2(OCOC)C[C@@H](CO[Si](c3ccccc3)(c3ccccc3)C(C)(C)C)[C@@H]1[C@@H]1CC[C@@H](OCc3ccccc3)[C@]12C. The van der Waals surface area contributed by atoms with Gasteiger partial charge in [-0.05, 0) is 58.0 Å². The molecule has 7 atom stereocenters. The van der Waals surface area contributed by atoms with Gasteiger partial charge in [0.2, 0.25) is 0 Å². The molecule has 0 N–H and O–H groups in total. The molecule has 0 aromatic heterocycles. The third-order valence-corrected chi connectivity index (χ3v) is 16.8. The maximum Gasteiger partial charge on any atom is 0.261 e. The molecule has 7 rings (SSSR count). The number of hydrogen-bond acceptors (Lipinski definition) is 6. The topological polar surface area (TPSA) is 55.4 Å². The van der Waals surface area contributed by atoms with E-state index in [0.717, 1.165) is 25.7 Å². The Bertz CT molecular complexity index is 1380. The van der Waals surface area contributed by atoms with Gasteiger partial charge in [-0.3, -0.25) is 0 Å². The summed E-state index contributed by atoms with van der Waals surface area (Å²) in [5.41, 5.74) is 0.523. The van der Waals surface area contributed by atoms with Crippen molar-refractivity contribution in [1.82, 2.24) is 0 Å². The number of ether oxygens (including phenoxy) is 5. The van der Waals surface area contributed by atoms with Crippen LogP contribution in [0.5, 0.6) is 0 Å². The van der Waals surface area contributed by atoms with E-state index in [-0.39, 0.29) is 42.2 Å². The Morgan fingerprint density at radius 2 is 1.34 bits per heavy atom. The van der Waals surface area contributed by atoms with Gasteiger partial charge in [-0.25, -0.2) is 0 Å². The van der Waals surface area contributed by atoms with Crippen LogP contribution in [-0.2, 0) is 34.7 Å². The highest BCUT2D eigenvalue weighted by Crippen LogP contribution is 2.69. The summed E-state index contributed by atoms with van der Waals surface area (Å²) in [5.74, 6) is 0.902. The lowest BCUT2D eigenvalue weighted by molar-refractivity contribution is -0.314. The number of fused-ring (bicyclic) bond motifs is 2. The normalized spacial score (nSPS) is 30.4. The average Bonchev–Trinajstić information content (AvgIpc) is 3.44. The molecule has 4 saturated carbocycles. The van der Waals surface area contributed by atoms with Crippen LogP contribution in [0.3, 0.4) is 0 Å². The number of methoxy groups -OCH3 is 2. The molecule has 3 aromatic rings. The lowest BCUT2D eigenvalue weighted by atomic mass is 9.45. The molecule has 3 aromatic carbocycles. The Balaban J connectivity index is 1.37. The second kappa shape index (κ2) is 14.2. The van der Waals surface area contributed by atoms with E-state index in [2.05, 4.69) is 119 Å². The van der Waals surface area contributed by atoms with Gasteiger partial charge in [-0.1, -0.05) is 119 Å². The van der Waals surface area contributed by atoms with Crippen molar-refractivity contribution < 1.29 is 28.1 Å². The highest BCUT2D eigenvalue weighted by atomic mass is 28.4. The molecule has 7 heteroatoms. The Hall–Kier alpha value is -2.36. The van der Waals surface area contributed by atoms with Crippen molar-refractivity contribution in [2.24, 2.45) is 23.2 Å². The summed E-state index contributed by atoms with van der Waals surface area (Å²) >= 11 is 0. The predicted octanol–water partition coefficient (Wildman–Crippen LogP) is 6.95. The first kappa shape index (κ1) is 34.5. The van der Waals surface area contributed by atoms with Crippen LogP contribution in [0.4, 0.5) is 0 Å². The van der Waals surface area contributed by atoms with Gasteiger partial charge in [0.1, 0.15) is 13.6 Å². The zero-order valence-electron chi connectivity index (χ0n) is 29.2. The molecule has 254 valence electrons. The summed E-state index contributed by atoms with van der Waals surface area (Å²) in [4.78, 5) is 0. The van der Waals surface area contributed by atoms with Crippen molar-refractivity contribution in [1.29, 1.82) is 0 Å². The maximum absolute atomic E-state index is 7.61. The molecule has 0 heterocycles. The zero-order valence-corrected chi connectivity index (χ0v) is 30.2. The minimum absolute atomic E-state index is 0.000687. The number of benzene rings is 3. The van der Waals surface area contributed by atoms with E-state index in [9.17, 15) is 0 Å². The number of hydrogen-bond donors (Lipinski definition) is 0. The largest absolute Gasteiger partial charge is 0.407 e. The maximum atomic E-state index is 7.61. The third-order valence-electron chi connectivity index (χ3n) is 11.8. The molecule has 4 aliphatic carbocycles. The fraction of sp³-hybridized carbons (Fsp3) is 0.550. The van der Waals surface area contributed by atoms with Crippen LogP contribution in [0.1, 0.15) is 58.9 Å². The van der Waals surface area contributed by atoms with Gasteiger partial charge in [0.15, 0.2) is 0 Å². The highest BCUT2D eigenvalue weighted by molar-refractivity contribution is 6.99. The van der Waals surface area contributed by atoms with Gasteiger partial charge in [0, 0.05) is 32.7 Å². The van der Waals surface area contributed by atoms with Crippen LogP contribution in [0.2, 0.25) is 5.04 Å². The second-order valence-electron chi connectivity index (χ2n) is 15.1. The monoisotopic (exact) mass is 658 g/mol. The summed E-state index contributed by atoms with van der Waals surface area (Å²) in [7, 11) is 0.688. The average molecular weight is 659 g/mol. The Kier molecular flexibility index (Phi) is 10.5. The molecule has 4 fully saturated rings. The first-order valence-electron chi connectivity index (χ1n) is 17.3. The van der Waals surface area contributed by atoms with Crippen molar-refractivity contribution in [2.75, 3.05) is 34.4 Å². The molecule has 47 heavy (non-hydrogen) atoms. The molecule has 0 amide bonds. The summed E-state index contributed by atoms with van der Waals surface area (Å²) in [5, 5.41) is 2.51. The van der Waals surface area contributed by atoms with Crippen molar-refractivity contribution in [3.8, 4) is 0 Å². The quantitative estimate of drug-likeness (QED) is 0.138. The van der Waals surface area contributed by atoms with E-state index in [1.54, 1.807) is 14.2 Å². The molecule has 2 bridgehead atoms. The molecule has 0 aliphatic heterocycles. The van der Waals surface area contributed by atoms with E-state index in [1.165, 1.54) is 15.9 Å². The minimum Gasteiger partial charge on any atom is -0.407 e. The van der Waals surface area contributed by atoms with Crippen molar-refractivity contribution >= 4 is 18.7 Å². The Labute approximate surface area is 283 Å². The van der Waals surface area contributed by atoms with E-state index >= 15 is 0 Å². The molecule has 0 saturated heterocycles. The van der Waals surface area contributed by atoms with Gasteiger partial charge < -0.3 is 28.1 Å². The van der Waals surface area contributed by atoms with Crippen LogP contribution >= 0.6 is 0 Å². The first-order valence-corrected chi connectivity index (χ1v) is 19.2. The van der Waals surface area contributed by atoms with Gasteiger partial charge >= 0.3 is 0 Å². The summed E-state index contributed by atoms with van der Waals surface area (Å²) in [6.45, 7) is 11.2. The van der Waals surface area contributed by atoms with E-state index in [1.807, 2.05) is 0 Å². The second-order valence-corrected chi connectivity index (χ2v) is 19.4. The van der Waals surface area contributed by atoms with E-state index in [4.69, 9.17) is 28.1 Å². The summed E-state index contributed by atoms with van der Waals surface area (Å²) in [6, 6.07) is 32.4. The summed E-state index contributed by atoms with van der Waals surface area (Å²) < 4.78 is 39.1. The predicted molar refractivity (Wildman–Crippen MR) is 188 cm³/mol. The standard InChI is InChI=1S/C40H54O6Si/c1-38(2,3)47(32-18-12-8-13-19-32,33-20-14-9-15-21-33)46-27-31-24-40(45-29-42-6)25-35(44-28-41-5)37(31)34-22-23-36(39(34,40)4)43-26-30-16-10-7-11-17-30/h7-21,31,34-37H,22-29H2,1-6H3/t31-,34-,35-,36+,37+,39-,40?/m0/s1. The lowest BCUT2D eigenvalue weighted by Gasteiger charge is -2.66. The highest BCUT2D eigenvalue weighted by Gasteiger charge is 2.72. The molecule has 0 radical (unpaired) electrons. The fourth-order valence-electron chi connectivity index (χ4n) is 9.79.